The topological polar surface area (TPSA) is 47.3 Å². The van der Waals surface area contributed by atoms with Crippen LogP contribution in [0, 0.1) is 5.92 Å². The van der Waals surface area contributed by atoms with Crippen LogP contribution in [-0.2, 0) is 4.74 Å². The maximum Gasteiger partial charge on any atom is 0.107 e. The summed E-state index contributed by atoms with van der Waals surface area (Å²) in [5, 5.41) is 3.40. The SMILES string of the molecule is NC(=S)c1c(Br)cccc1NCC1CCOC1. The lowest BCUT2D eigenvalue weighted by atomic mass is 10.1. The number of thiocarbonyl (C=S) groups is 1. The molecule has 0 saturated carbocycles. The Labute approximate surface area is 115 Å². The molecule has 0 aromatic heterocycles. The van der Waals surface area contributed by atoms with Gasteiger partial charge in [-0.25, -0.2) is 0 Å². The molecule has 3 N–H and O–H groups in total. The van der Waals surface area contributed by atoms with Crippen LogP contribution >= 0.6 is 28.1 Å². The minimum atomic E-state index is 0.405. The highest BCUT2D eigenvalue weighted by atomic mass is 79.9. The highest BCUT2D eigenvalue weighted by Gasteiger charge is 2.16. The van der Waals surface area contributed by atoms with Gasteiger partial charge in [-0.3, -0.25) is 0 Å². The third-order valence-electron chi connectivity index (χ3n) is 2.87. The molecule has 0 bridgehead atoms. The van der Waals surface area contributed by atoms with Gasteiger partial charge in [0.05, 0.1) is 6.61 Å². The molecule has 0 amide bonds. The van der Waals surface area contributed by atoms with Gasteiger partial charge in [0, 0.05) is 34.8 Å². The van der Waals surface area contributed by atoms with Gasteiger partial charge in [0.15, 0.2) is 0 Å². The van der Waals surface area contributed by atoms with Gasteiger partial charge < -0.3 is 15.8 Å². The standard InChI is InChI=1S/C12H15BrN2OS/c13-9-2-1-3-10(11(9)12(14)17)15-6-8-4-5-16-7-8/h1-3,8,15H,4-7H2,(H2,14,17). The van der Waals surface area contributed by atoms with Gasteiger partial charge in [-0.15, -0.1) is 0 Å². The molecule has 0 aliphatic carbocycles. The number of nitrogens with one attached hydrogen (secondary N) is 1. The molecule has 0 spiro atoms. The monoisotopic (exact) mass is 314 g/mol. The molecule has 1 unspecified atom stereocenters. The van der Waals surface area contributed by atoms with Crippen LogP contribution in [-0.4, -0.2) is 24.7 Å². The van der Waals surface area contributed by atoms with E-state index in [0.717, 1.165) is 41.9 Å². The third kappa shape index (κ3) is 3.18. The molecule has 1 atom stereocenters. The average molecular weight is 315 g/mol. The Bertz CT molecular complexity index is 419. The normalized spacial score (nSPS) is 19.2. The number of hydrogen-bond donors (Lipinski definition) is 2. The summed E-state index contributed by atoms with van der Waals surface area (Å²) in [5.41, 5.74) is 7.60. The maximum absolute atomic E-state index is 5.74. The van der Waals surface area contributed by atoms with Crippen LogP contribution < -0.4 is 11.1 Å². The predicted molar refractivity (Wildman–Crippen MR) is 77.4 cm³/mol. The second kappa shape index (κ2) is 5.80. The Morgan fingerprint density at radius 2 is 2.41 bits per heavy atom. The molecular formula is C12H15BrN2OS. The number of halogens is 1. The summed E-state index contributed by atoms with van der Waals surface area (Å²) in [7, 11) is 0. The van der Waals surface area contributed by atoms with E-state index >= 15 is 0 Å². The lowest BCUT2D eigenvalue weighted by molar-refractivity contribution is 0.187. The molecule has 17 heavy (non-hydrogen) atoms. The first kappa shape index (κ1) is 12.8. The van der Waals surface area contributed by atoms with E-state index in [9.17, 15) is 0 Å². The van der Waals surface area contributed by atoms with Crippen LogP contribution in [0.15, 0.2) is 22.7 Å². The number of nitrogens with two attached hydrogens (primary N) is 1. The fourth-order valence-corrected chi connectivity index (χ4v) is 2.85. The van der Waals surface area contributed by atoms with Gasteiger partial charge in [0.25, 0.3) is 0 Å². The molecule has 3 nitrogen and oxygen atoms in total. The molecule has 1 aromatic carbocycles. The summed E-state index contributed by atoms with van der Waals surface area (Å²) in [5.74, 6) is 0.577. The molecule has 2 rings (SSSR count). The summed E-state index contributed by atoms with van der Waals surface area (Å²) in [6, 6.07) is 5.91. The molecule has 1 aromatic rings. The number of ether oxygens (including phenoxy) is 1. The van der Waals surface area contributed by atoms with Gasteiger partial charge in [-0.05, 0) is 34.5 Å². The fraction of sp³-hybridized carbons (Fsp3) is 0.417. The molecule has 1 aliphatic rings. The van der Waals surface area contributed by atoms with Crippen LogP contribution in [0.2, 0.25) is 0 Å². The smallest absolute Gasteiger partial charge is 0.107 e. The molecular weight excluding hydrogens is 300 g/mol. The van der Waals surface area contributed by atoms with Crippen molar-refractivity contribution in [2.75, 3.05) is 25.1 Å². The van der Waals surface area contributed by atoms with Crippen LogP contribution in [0.1, 0.15) is 12.0 Å². The van der Waals surface area contributed by atoms with Crippen molar-refractivity contribution in [2.24, 2.45) is 11.7 Å². The lowest BCUT2D eigenvalue weighted by Crippen LogP contribution is -2.18. The van der Waals surface area contributed by atoms with Crippen LogP contribution in [0.25, 0.3) is 0 Å². The molecule has 1 fully saturated rings. The Morgan fingerprint density at radius 1 is 1.59 bits per heavy atom. The van der Waals surface area contributed by atoms with Crippen molar-refractivity contribution in [3.05, 3.63) is 28.2 Å². The zero-order chi connectivity index (χ0) is 12.3. The molecule has 5 heteroatoms. The quantitative estimate of drug-likeness (QED) is 0.838. The Hall–Kier alpha value is -0.650. The van der Waals surface area contributed by atoms with Crippen molar-refractivity contribution in [2.45, 2.75) is 6.42 Å². The largest absolute Gasteiger partial charge is 0.389 e. The first-order valence-corrected chi connectivity index (χ1v) is 6.78. The van der Waals surface area contributed by atoms with E-state index in [-0.39, 0.29) is 0 Å². The molecule has 92 valence electrons. The highest BCUT2D eigenvalue weighted by molar-refractivity contribution is 9.10. The van der Waals surface area contributed by atoms with Crippen molar-refractivity contribution in [3.63, 3.8) is 0 Å². The predicted octanol–water partition coefficient (Wildman–Crippen LogP) is 2.53. The Kier molecular flexibility index (Phi) is 4.36. The lowest BCUT2D eigenvalue weighted by Gasteiger charge is -2.15. The number of hydrogen-bond acceptors (Lipinski definition) is 3. The van der Waals surface area contributed by atoms with Crippen molar-refractivity contribution in [3.8, 4) is 0 Å². The van der Waals surface area contributed by atoms with Crippen molar-refractivity contribution >= 4 is 38.8 Å². The van der Waals surface area contributed by atoms with E-state index in [4.69, 9.17) is 22.7 Å². The average Bonchev–Trinajstić information content (AvgIpc) is 2.78. The molecule has 1 heterocycles. The van der Waals surface area contributed by atoms with Crippen LogP contribution in [0.4, 0.5) is 5.69 Å². The van der Waals surface area contributed by atoms with E-state index in [1.54, 1.807) is 0 Å². The van der Waals surface area contributed by atoms with Crippen molar-refractivity contribution < 1.29 is 4.74 Å². The van der Waals surface area contributed by atoms with Crippen LogP contribution in [0.3, 0.4) is 0 Å². The van der Waals surface area contributed by atoms with Gasteiger partial charge in [-0.1, -0.05) is 18.3 Å². The first-order valence-electron chi connectivity index (χ1n) is 5.58. The summed E-state index contributed by atoms with van der Waals surface area (Å²) in [6.45, 7) is 2.60. The number of rotatable bonds is 4. The van der Waals surface area contributed by atoms with E-state index in [1.165, 1.54) is 0 Å². The van der Waals surface area contributed by atoms with E-state index < -0.39 is 0 Å². The molecule has 0 radical (unpaired) electrons. The van der Waals surface area contributed by atoms with Gasteiger partial charge >= 0.3 is 0 Å². The van der Waals surface area contributed by atoms with E-state index in [1.807, 2.05) is 18.2 Å². The van der Waals surface area contributed by atoms with Crippen molar-refractivity contribution in [1.82, 2.24) is 0 Å². The minimum absolute atomic E-state index is 0.405. The van der Waals surface area contributed by atoms with E-state index in [2.05, 4.69) is 21.2 Å². The molecule has 1 saturated heterocycles. The minimum Gasteiger partial charge on any atom is -0.389 e. The second-order valence-corrected chi connectivity index (χ2v) is 5.43. The fourth-order valence-electron chi connectivity index (χ4n) is 1.92. The van der Waals surface area contributed by atoms with Gasteiger partial charge in [0.2, 0.25) is 0 Å². The van der Waals surface area contributed by atoms with Gasteiger partial charge in [-0.2, -0.15) is 0 Å². The summed E-state index contributed by atoms with van der Waals surface area (Å²) in [4.78, 5) is 0.405. The second-order valence-electron chi connectivity index (χ2n) is 4.14. The summed E-state index contributed by atoms with van der Waals surface area (Å²) in [6.07, 6.45) is 1.11. The molecule has 1 aliphatic heterocycles. The summed E-state index contributed by atoms with van der Waals surface area (Å²) >= 11 is 8.54. The Morgan fingerprint density at radius 3 is 3.06 bits per heavy atom. The maximum atomic E-state index is 5.74. The summed E-state index contributed by atoms with van der Waals surface area (Å²) < 4.78 is 6.28. The zero-order valence-electron chi connectivity index (χ0n) is 9.41. The van der Waals surface area contributed by atoms with E-state index in [0.29, 0.717) is 10.9 Å². The van der Waals surface area contributed by atoms with Gasteiger partial charge in [0.1, 0.15) is 4.99 Å². The van der Waals surface area contributed by atoms with Crippen molar-refractivity contribution in [1.29, 1.82) is 0 Å². The zero-order valence-corrected chi connectivity index (χ0v) is 11.8. The Balaban J connectivity index is 2.09. The van der Waals surface area contributed by atoms with Crippen LogP contribution in [0.5, 0.6) is 0 Å². The third-order valence-corrected chi connectivity index (χ3v) is 3.73. The number of benzene rings is 1. The first-order chi connectivity index (χ1) is 8.18. The number of anilines is 1. The highest BCUT2D eigenvalue weighted by Crippen LogP contribution is 2.25.